The molecule has 3 heterocycles. The standard InChI is InChI=1S/C15H20F2N6O3/c1-14(2,3)26-13(25)22-5-4-8(15(16,17)6-22)23-11-9(21-12(23)24)10(18)19-7-20-11/h7-8H,4-6H2,1-3H3,(H,21,24)(H2,18,19,20)/t8-/m1/s1. The van der Waals surface area contributed by atoms with E-state index in [0.717, 1.165) is 15.8 Å². The lowest BCUT2D eigenvalue weighted by Crippen LogP contribution is -2.53. The minimum atomic E-state index is -3.35. The molecule has 1 aliphatic rings. The minimum absolute atomic E-state index is 0.000331. The Labute approximate surface area is 147 Å². The molecule has 0 unspecified atom stereocenters. The van der Waals surface area contributed by atoms with Crippen LogP contribution in [0.1, 0.15) is 33.2 Å². The van der Waals surface area contributed by atoms with Crippen LogP contribution in [-0.2, 0) is 4.74 Å². The number of rotatable bonds is 1. The molecule has 1 amide bonds. The summed E-state index contributed by atoms with van der Waals surface area (Å²) in [5.74, 6) is -3.35. The molecule has 0 radical (unpaired) electrons. The van der Waals surface area contributed by atoms with Gasteiger partial charge >= 0.3 is 11.8 Å². The Morgan fingerprint density at radius 2 is 2.12 bits per heavy atom. The molecule has 1 aliphatic heterocycles. The first kappa shape index (κ1) is 18.1. The molecule has 0 aromatic carbocycles. The molecule has 2 aromatic rings. The van der Waals surface area contributed by atoms with Gasteiger partial charge in [0.2, 0.25) is 0 Å². The van der Waals surface area contributed by atoms with Crippen LogP contribution in [0.2, 0.25) is 0 Å². The van der Waals surface area contributed by atoms with Gasteiger partial charge in [0.05, 0.1) is 6.54 Å². The van der Waals surface area contributed by atoms with Crippen LogP contribution in [0, 0.1) is 0 Å². The molecule has 0 saturated carbocycles. The molecule has 0 spiro atoms. The van der Waals surface area contributed by atoms with Crippen molar-refractivity contribution in [2.45, 2.75) is 44.8 Å². The lowest BCUT2D eigenvalue weighted by molar-refractivity contribution is -0.103. The van der Waals surface area contributed by atoms with Crippen LogP contribution in [0.15, 0.2) is 11.1 Å². The summed E-state index contributed by atoms with van der Waals surface area (Å²) in [4.78, 5) is 35.3. The number of piperidine rings is 1. The average Bonchev–Trinajstić information content (AvgIpc) is 2.82. The van der Waals surface area contributed by atoms with Gasteiger partial charge in [-0.1, -0.05) is 0 Å². The van der Waals surface area contributed by atoms with E-state index in [4.69, 9.17) is 10.5 Å². The Morgan fingerprint density at radius 3 is 2.73 bits per heavy atom. The van der Waals surface area contributed by atoms with Gasteiger partial charge in [-0.25, -0.2) is 28.3 Å². The second-order valence-corrected chi connectivity index (χ2v) is 7.23. The molecular formula is C15H20F2N6O3. The number of hydrogen-bond donors (Lipinski definition) is 2. The van der Waals surface area contributed by atoms with Gasteiger partial charge in [0.15, 0.2) is 11.5 Å². The van der Waals surface area contributed by atoms with E-state index in [1.54, 1.807) is 20.8 Å². The van der Waals surface area contributed by atoms with Gasteiger partial charge < -0.3 is 20.4 Å². The number of aromatic nitrogens is 4. The van der Waals surface area contributed by atoms with Crippen molar-refractivity contribution in [2.24, 2.45) is 0 Å². The predicted molar refractivity (Wildman–Crippen MR) is 89.0 cm³/mol. The molecular weight excluding hydrogens is 350 g/mol. The van der Waals surface area contributed by atoms with Crippen molar-refractivity contribution in [3.05, 3.63) is 16.8 Å². The number of imidazole rings is 1. The van der Waals surface area contributed by atoms with E-state index in [1.165, 1.54) is 0 Å². The molecule has 26 heavy (non-hydrogen) atoms. The lowest BCUT2D eigenvalue weighted by atomic mass is 10.0. The average molecular weight is 370 g/mol. The number of nitrogen functional groups attached to an aromatic ring is 1. The van der Waals surface area contributed by atoms with Gasteiger partial charge in [0.1, 0.15) is 23.5 Å². The number of carbonyl (C=O) groups is 1. The third kappa shape index (κ3) is 3.20. The molecule has 1 fully saturated rings. The second kappa shape index (κ2) is 5.92. The van der Waals surface area contributed by atoms with E-state index in [-0.39, 0.29) is 29.9 Å². The van der Waals surface area contributed by atoms with Crippen molar-refractivity contribution < 1.29 is 18.3 Å². The maximum absolute atomic E-state index is 14.8. The maximum Gasteiger partial charge on any atom is 0.410 e. The largest absolute Gasteiger partial charge is 0.444 e. The highest BCUT2D eigenvalue weighted by Gasteiger charge is 2.49. The summed E-state index contributed by atoms with van der Waals surface area (Å²) in [5, 5.41) is 0. The number of alkyl halides is 2. The number of likely N-dealkylation sites (tertiary alicyclic amines) is 1. The van der Waals surface area contributed by atoms with Crippen molar-refractivity contribution in [1.82, 2.24) is 24.4 Å². The van der Waals surface area contributed by atoms with Crippen molar-refractivity contribution >= 4 is 23.1 Å². The van der Waals surface area contributed by atoms with Gasteiger partial charge in [-0.3, -0.25) is 4.57 Å². The number of H-pyrrole nitrogens is 1. The van der Waals surface area contributed by atoms with Gasteiger partial charge in [-0.15, -0.1) is 0 Å². The van der Waals surface area contributed by atoms with Crippen LogP contribution < -0.4 is 11.4 Å². The monoisotopic (exact) mass is 370 g/mol. The summed E-state index contributed by atoms with van der Waals surface area (Å²) in [6.07, 6.45) is 0.159. The number of ether oxygens (including phenoxy) is 1. The molecule has 0 bridgehead atoms. The summed E-state index contributed by atoms with van der Waals surface area (Å²) in [6.45, 7) is 4.14. The highest BCUT2D eigenvalue weighted by Crippen LogP contribution is 2.37. The Hall–Kier alpha value is -2.72. The predicted octanol–water partition coefficient (Wildman–Crippen LogP) is 1.52. The number of halogens is 2. The summed E-state index contributed by atoms with van der Waals surface area (Å²) in [7, 11) is 0. The van der Waals surface area contributed by atoms with Crippen molar-refractivity contribution in [2.75, 3.05) is 18.8 Å². The number of carbonyl (C=O) groups excluding carboxylic acids is 1. The quantitative estimate of drug-likeness (QED) is 0.785. The van der Waals surface area contributed by atoms with Gasteiger partial charge in [0.25, 0.3) is 5.92 Å². The van der Waals surface area contributed by atoms with Crippen molar-refractivity contribution in [3.8, 4) is 0 Å². The topological polar surface area (TPSA) is 119 Å². The fraction of sp³-hybridized carbons (Fsp3) is 0.600. The van der Waals surface area contributed by atoms with E-state index < -0.39 is 35.9 Å². The van der Waals surface area contributed by atoms with E-state index >= 15 is 0 Å². The SMILES string of the molecule is CC(C)(C)OC(=O)N1CC[C@@H](n2c(=O)[nH]c3c(N)ncnc32)C(F)(F)C1. The first-order valence-electron chi connectivity index (χ1n) is 8.06. The van der Waals surface area contributed by atoms with Crippen LogP contribution in [0.25, 0.3) is 11.2 Å². The van der Waals surface area contributed by atoms with E-state index in [2.05, 4.69) is 15.0 Å². The molecule has 11 heteroatoms. The second-order valence-electron chi connectivity index (χ2n) is 7.23. The number of aromatic amines is 1. The fourth-order valence-electron chi connectivity index (χ4n) is 2.97. The number of anilines is 1. The number of fused-ring (bicyclic) bond motifs is 1. The normalized spacial score (nSPS) is 20.3. The molecule has 3 rings (SSSR count). The number of nitrogens with two attached hydrogens (primary N) is 1. The number of nitrogens with zero attached hydrogens (tertiary/aromatic N) is 4. The lowest BCUT2D eigenvalue weighted by Gasteiger charge is -2.38. The maximum atomic E-state index is 14.8. The summed E-state index contributed by atoms with van der Waals surface area (Å²) < 4.78 is 35.6. The third-order valence-corrected chi connectivity index (χ3v) is 4.06. The summed E-state index contributed by atoms with van der Waals surface area (Å²) in [5.41, 5.74) is 4.26. The highest BCUT2D eigenvalue weighted by molar-refractivity contribution is 5.81. The highest BCUT2D eigenvalue weighted by atomic mass is 19.3. The van der Waals surface area contributed by atoms with E-state index in [1.807, 2.05) is 0 Å². The zero-order chi connectivity index (χ0) is 19.3. The Bertz CT molecular complexity index is 901. The molecule has 1 atom stereocenters. The van der Waals surface area contributed by atoms with Crippen LogP contribution in [0.4, 0.5) is 19.4 Å². The molecule has 142 valence electrons. The van der Waals surface area contributed by atoms with Gasteiger partial charge in [-0.2, -0.15) is 0 Å². The molecule has 2 aromatic heterocycles. The number of amides is 1. The smallest absolute Gasteiger partial charge is 0.410 e. The zero-order valence-electron chi connectivity index (χ0n) is 14.6. The minimum Gasteiger partial charge on any atom is -0.444 e. The van der Waals surface area contributed by atoms with Crippen molar-refractivity contribution in [3.63, 3.8) is 0 Å². The molecule has 0 aliphatic carbocycles. The van der Waals surface area contributed by atoms with Gasteiger partial charge in [-0.05, 0) is 27.2 Å². The fourth-order valence-corrected chi connectivity index (χ4v) is 2.97. The van der Waals surface area contributed by atoms with Crippen LogP contribution >= 0.6 is 0 Å². The number of nitrogens with one attached hydrogen (secondary N) is 1. The first-order chi connectivity index (χ1) is 12.0. The molecule has 9 nitrogen and oxygen atoms in total. The summed E-state index contributed by atoms with van der Waals surface area (Å²) >= 11 is 0. The van der Waals surface area contributed by atoms with Crippen LogP contribution in [-0.4, -0.2) is 55.1 Å². The van der Waals surface area contributed by atoms with Crippen molar-refractivity contribution in [1.29, 1.82) is 0 Å². The van der Waals surface area contributed by atoms with Crippen LogP contribution in [0.3, 0.4) is 0 Å². The van der Waals surface area contributed by atoms with Gasteiger partial charge in [0, 0.05) is 6.54 Å². The first-order valence-corrected chi connectivity index (χ1v) is 8.06. The Kier molecular flexibility index (Phi) is 4.12. The Balaban J connectivity index is 1.91. The van der Waals surface area contributed by atoms with Crippen LogP contribution in [0.5, 0.6) is 0 Å². The number of hydrogen-bond acceptors (Lipinski definition) is 6. The Morgan fingerprint density at radius 1 is 1.42 bits per heavy atom. The molecule has 3 N–H and O–H groups in total. The summed E-state index contributed by atoms with van der Waals surface area (Å²) in [6, 6.07) is -1.46. The zero-order valence-corrected chi connectivity index (χ0v) is 14.6. The third-order valence-electron chi connectivity index (χ3n) is 4.06. The van der Waals surface area contributed by atoms with E-state index in [9.17, 15) is 18.4 Å². The molecule has 1 saturated heterocycles. The van der Waals surface area contributed by atoms with E-state index in [0.29, 0.717) is 0 Å².